The Labute approximate surface area is 102 Å². The van der Waals surface area contributed by atoms with E-state index in [9.17, 15) is 4.79 Å². The van der Waals surface area contributed by atoms with Crippen LogP contribution in [0.25, 0.3) is 0 Å². The highest BCUT2D eigenvalue weighted by Crippen LogP contribution is 2.26. The SMILES string of the molecule is Cc1cn[nH]c1C(=O)N[C@H](C)C1CCCCC1. The number of aromatic amines is 1. The molecule has 0 saturated heterocycles. The van der Waals surface area contributed by atoms with Gasteiger partial charge in [0.1, 0.15) is 5.69 Å². The summed E-state index contributed by atoms with van der Waals surface area (Å²) in [6.45, 7) is 4.00. The number of H-pyrrole nitrogens is 1. The van der Waals surface area contributed by atoms with Crippen molar-refractivity contribution in [2.24, 2.45) is 5.92 Å². The first-order valence-electron chi connectivity index (χ1n) is 6.49. The molecule has 4 nitrogen and oxygen atoms in total. The van der Waals surface area contributed by atoms with Crippen molar-refractivity contribution in [3.8, 4) is 0 Å². The van der Waals surface area contributed by atoms with Crippen LogP contribution in [0.5, 0.6) is 0 Å². The summed E-state index contributed by atoms with van der Waals surface area (Å²) in [5, 5.41) is 9.71. The predicted molar refractivity (Wildman–Crippen MR) is 66.8 cm³/mol. The van der Waals surface area contributed by atoms with Crippen LogP contribution in [0.3, 0.4) is 0 Å². The predicted octanol–water partition coefficient (Wildman–Crippen LogP) is 2.42. The van der Waals surface area contributed by atoms with E-state index in [2.05, 4.69) is 22.4 Å². The van der Waals surface area contributed by atoms with Crippen molar-refractivity contribution in [3.63, 3.8) is 0 Å². The number of aromatic nitrogens is 2. The molecular weight excluding hydrogens is 214 g/mol. The maximum absolute atomic E-state index is 12.0. The summed E-state index contributed by atoms with van der Waals surface area (Å²) in [7, 11) is 0. The van der Waals surface area contributed by atoms with E-state index in [-0.39, 0.29) is 11.9 Å². The first kappa shape index (κ1) is 12.1. The molecule has 1 fully saturated rings. The zero-order valence-corrected chi connectivity index (χ0v) is 10.6. The summed E-state index contributed by atoms with van der Waals surface area (Å²) in [5.41, 5.74) is 1.49. The van der Waals surface area contributed by atoms with Crippen LogP contribution < -0.4 is 5.32 Å². The lowest BCUT2D eigenvalue weighted by Crippen LogP contribution is -2.39. The third kappa shape index (κ3) is 2.87. The molecule has 2 rings (SSSR count). The summed E-state index contributed by atoms with van der Waals surface area (Å²) in [5.74, 6) is 0.606. The highest BCUT2D eigenvalue weighted by Gasteiger charge is 2.22. The van der Waals surface area contributed by atoms with Crippen LogP contribution in [0.1, 0.15) is 55.1 Å². The fourth-order valence-corrected chi connectivity index (χ4v) is 2.61. The lowest BCUT2D eigenvalue weighted by Gasteiger charge is -2.28. The molecule has 1 aromatic heterocycles. The van der Waals surface area contributed by atoms with Crippen LogP contribution in [-0.2, 0) is 0 Å². The molecule has 0 bridgehead atoms. The molecule has 0 unspecified atom stereocenters. The molecule has 94 valence electrons. The van der Waals surface area contributed by atoms with Gasteiger partial charge in [0.15, 0.2) is 0 Å². The van der Waals surface area contributed by atoms with Crippen LogP contribution >= 0.6 is 0 Å². The van der Waals surface area contributed by atoms with Crippen molar-refractivity contribution < 1.29 is 4.79 Å². The Kier molecular flexibility index (Phi) is 3.82. The molecule has 0 radical (unpaired) electrons. The van der Waals surface area contributed by atoms with Crippen LogP contribution in [0.2, 0.25) is 0 Å². The minimum absolute atomic E-state index is 0.0296. The molecule has 4 heteroatoms. The van der Waals surface area contributed by atoms with Gasteiger partial charge in [0.2, 0.25) is 0 Å². The van der Waals surface area contributed by atoms with Crippen LogP contribution in [-0.4, -0.2) is 22.1 Å². The van der Waals surface area contributed by atoms with Gasteiger partial charge in [-0.3, -0.25) is 9.89 Å². The van der Waals surface area contributed by atoms with Crippen LogP contribution in [0.15, 0.2) is 6.20 Å². The molecule has 0 aliphatic heterocycles. The minimum atomic E-state index is -0.0296. The average molecular weight is 235 g/mol. The third-order valence-corrected chi connectivity index (χ3v) is 3.77. The number of hydrogen-bond donors (Lipinski definition) is 2. The molecule has 17 heavy (non-hydrogen) atoms. The molecule has 1 aliphatic rings. The smallest absolute Gasteiger partial charge is 0.269 e. The number of rotatable bonds is 3. The van der Waals surface area contributed by atoms with Gasteiger partial charge in [-0.1, -0.05) is 19.3 Å². The largest absolute Gasteiger partial charge is 0.348 e. The number of nitrogens with zero attached hydrogens (tertiary/aromatic N) is 1. The van der Waals surface area contributed by atoms with Gasteiger partial charge in [-0.05, 0) is 38.2 Å². The summed E-state index contributed by atoms with van der Waals surface area (Å²) in [4.78, 5) is 12.0. The van der Waals surface area contributed by atoms with Crippen molar-refractivity contribution in [3.05, 3.63) is 17.5 Å². The molecule has 1 aromatic rings. The lowest BCUT2D eigenvalue weighted by atomic mass is 9.84. The first-order valence-corrected chi connectivity index (χ1v) is 6.49. The third-order valence-electron chi connectivity index (χ3n) is 3.77. The second kappa shape index (κ2) is 5.34. The summed E-state index contributed by atoms with van der Waals surface area (Å²) >= 11 is 0. The van der Waals surface area contributed by atoms with Gasteiger partial charge < -0.3 is 5.32 Å². The van der Waals surface area contributed by atoms with Crippen LogP contribution in [0.4, 0.5) is 0 Å². The van der Waals surface area contributed by atoms with Gasteiger partial charge in [0.25, 0.3) is 5.91 Å². The Bertz CT molecular complexity index is 380. The van der Waals surface area contributed by atoms with Gasteiger partial charge >= 0.3 is 0 Å². The quantitative estimate of drug-likeness (QED) is 0.845. The molecule has 2 N–H and O–H groups in total. The Hall–Kier alpha value is -1.32. The maximum Gasteiger partial charge on any atom is 0.269 e. The van der Waals surface area contributed by atoms with Crippen molar-refractivity contribution >= 4 is 5.91 Å². The monoisotopic (exact) mass is 235 g/mol. The number of aryl methyl sites for hydroxylation is 1. The van der Waals surface area contributed by atoms with E-state index >= 15 is 0 Å². The molecule has 1 saturated carbocycles. The van der Waals surface area contributed by atoms with Gasteiger partial charge in [-0.15, -0.1) is 0 Å². The van der Waals surface area contributed by atoms with E-state index in [4.69, 9.17) is 0 Å². The number of carbonyl (C=O) groups is 1. The Morgan fingerprint density at radius 2 is 2.18 bits per heavy atom. The second-order valence-corrected chi connectivity index (χ2v) is 5.09. The lowest BCUT2D eigenvalue weighted by molar-refractivity contribution is 0.0913. The van der Waals surface area contributed by atoms with E-state index in [1.54, 1.807) is 6.20 Å². The Morgan fingerprint density at radius 1 is 1.47 bits per heavy atom. The Balaban J connectivity index is 1.92. The van der Waals surface area contributed by atoms with E-state index in [1.165, 1.54) is 32.1 Å². The zero-order chi connectivity index (χ0) is 12.3. The van der Waals surface area contributed by atoms with Crippen LogP contribution in [0, 0.1) is 12.8 Å². The minimum Gasteiger partial charge on any atom is -0.348 e. The molecule has 1 atom stereocenters. The fraction of sp³-hybridized carbons (Fsp3) is 0.692. The Morgan fingerprint density at radius 3 is 2.76 bits per heavy atom. The van der Waals surface area contributed by atoms with E-state index in [0.717, 1.165) is 5.56 Å². The van der Waals surface area contributed by atoms with Crippen molar-refractivity contribution in [2.45, 2.75) is 52.0 Å². The van der Waals surface area contributed by atoms with Crippen molar-refractivity contribution in [1.82, 2.24) is 15.5 Å². The van der Waals surface area contributed by atoms with Gasteiger partial charge in [-0.2, -0.15) is 5.10 Å². The average Bonchev–Trinajstić information content (AvgIpc) is 2.76. The van der Waals surface area contributed by atoms with Crippen molar-refractivity contribution in [2.75, 3.05) is 0 Å². The molecule has 1 heterocycles. The number of hydrogen-bond acceptors (Lipinski definition) is 2. The topological polar surface area (TPSA) is 57.8 Å². The summed E-state index contributed by atoms with van der Waals surface area (Å²) < 4.78 is 0. The number of nitrogens with one attached hydrogen (secondary N) is 2. The van der Waals surface area contributed by atoms with E-state index in [1.807, 2.05) is 6.92 Å². The first-order chi connectivity index (χ1) is 8.18. The zero-order valence-electron chi connectivity index (χ0n) is 10.6. The van der Waals surface area contributed by atoms with Gasteiger partial charge in [0.05, 0.1) is 6.20 Å². The van der Waals surface area contributed by atoms with Gasteiger partial charge in [0, 0.05) is 6.04 Å². The molecular formula is C13H21N3O. The normalized spacial score (nSPS) is 18.9. The van der Waals surface area contributed by atoms with E-state index < -0.39 is 0 Å². The molecule has 0 spiro atoms. The summed E-state index contributed by atoms with van der Waals surface area (Å²) in [6.07, 6.45) is 8.10. The standard InChI is InChI=1S/C13H21N3O/c1-9-8-14-16-12(9)13(17)15-10(2)11-6-4-3-5-7-11/h8,10-11H,3-7H2,1-2H3,(H,14,16)(H,15,17)/t10-/m1/s1. The number of carbonyl (C=O) groups excluding carboxylic acids is 1. The molecule has 1 aliphatic carbocycles. The summed E-state index contributed by atoms with van der Waals surface area (Å²) in [6, 6.07) is 0.255. The number of amides is 1. The second-order valence-electron chi connectivity index (χ2n) is 5.09. The fourth-order valence-electron chi connectivity index (χ4n) is 2.61. The van der Waals surface area contributed by atoms with Gasteiger partial charge in [-0.25, -0.2) is 0 Å². The highest BCUT2D eigenvalue weighted by atomic mass is 16.2. The maximum atomic E-state index is 12.0. The highest BCUT2D eigenvalue weighted by molar-refractivity contribution is 5.93. The molecule has 1 amide bonds. The molecule has 0 aromatic carbocycles. The van der Waals surface area contributed by atoms with Crippen molar-refractivity contribution in [1.29, 1.82) is 0 Å². The van der Waals surface area contributed by atoms with E-state index in [0.29, 0.717) is 11.6 Å².